The quantitative estimate of drug-likeness (QED) is 0.606. The molecule has 1 amide bonds. The Balaban J connectivity index is 2.21. The Morgan fingerprint density at radius 2 is 1.90 bits per heavy atom. The summed E-state index contributed by atoms with van der Waals surface area (Å²) in [6.07, 6.45) is -3.16. The van der Waals surface area contributed by atoms with Crippen LogP contribution in [0, 0.1) is 5.92 Å². The number of esters is 1. The molecule has 1 N–H and O–H groups in total. The Morgan fingerprint density at radius 1 is 1.30 bits per heavy atom. The van der Waals surface area contributed by atoms with Crippen molar-refractivity contribution in [3.05, 3.63) is 0 Å². The highest BCUT2D eigenvalue weighted by Gasteiger charge is 2.28. The Kier molecular flexibility index (Phi) is 6.25. The second kappa shape index (κ2) is 7.47. The lowest BCUT2D eigenvalue weighted by molar-refractivity contribution is -0.148. The third-order valence-corrected chi connectivity index (χ3v) is 3.22. The van der Waals surface area contributed by atoms with Gasteiger partial charge in [-0.1, -0.05) is 0 Å². The molecule has 0 aromatic carbocycles. The Morgan fingerprint density at radius 3 is 2.40 bits per heavy atom. The first-order chi connectivity index (χ1) is 9.33. The van der Waals surface area contributed by atoms with Crippen molar-refractivity contribution < 1.29 is 27.5 Å². The summed E-state index contributed by atoms with van der Waals surface area (Å²) in [4.78, 5) is 24.6. The number of hydrogen-bond acceptors (Lipinski definition) is 4. The van der Waals surface area contributed by atoms with Gasteiger partial charge in [-0.15, -0.1) is 0 Å². The molecule has 1 fully saturated rings. The Bertz CT molecular complexity index is 339. The van der Waals surface area contributed by atoms with E-state index in [2.05, 4.69) is 10.1 Å². The van der Waals surface area contributed by atoms with Gasteiger partial charge in [0.1, 0.15) is 0 Å². The van der Waals surface area contributed by atoms with Crippen LogP contribution in [0.5, 0.6) is 0 Å². The molecule has 0 aliphatic carbocycles. The van der Waals surface area contributed by atoms with Crippen LogP contribution in [0.1, 0.15) is 19.3 Å². The van der Waals surface area contributed by atoms with Gasteiger partial charge in [0, 0.05) is 26.1 Å². The van der Waals surface area contributed by atoms with Crippen LogP contribution >= 0.6 is 0 Å². The number of carbonyl (C=O) groups is 2. The third-order valence-electron chi connectivity index (χ3n) is 3.22. The van der Waals surface area contributed by atoms with Crippen molar-refractivity contribution in [2.75, 3.05) is 33.3 Å². The van der Waals surface area contributed by atoms with Crippen molar-refractivity contribution in [2.45, 2.75) is 25.4 Å². The fraction of sp³-hybridized carbons (Fsp3) is 0.833. The van der Waals surface area contributed by atoms with Crippen molar-refractivity contribution in [1.82, 2.24) is 10.2 Å². The van der Waals surface area contributed by atoms with E-state index in [1.807, 2.05) is 0 Å². The van der Waals surface area contributed by atoms with E-state index in [-0.39, 0.29) is 30.8 Å². The molecular weight excluding hydrogens is 277 g/mol. The maximum absolute atomic E-state index is 11.9. The van der Waals surface area contributed by atoms with E-state index in [1.54, 1.807) is 4.90 Å². The largest absolute Gasteiger partial charge is 0.469 e. The molecule has 1 aliphatic rings. The SMILES string of the molecule is COC(=O)C1CCN(C(=O)CCNCC(F)(F)F)CC1. The van der Waals surface area contributed by atoms with E-state index in [0.29, 0.717) is 25.9 Å². The summed E-state index contributed by atoms with van der Waals surface area (Å²) in [6, 6.07) is 0. The molecule has 1 heterocycles. The van der Waals surface area contributed by atoms with Gasteiger partial charge in [-0.05, 0) is 12.8 Å². The average molecular weight is 296 g/mol. The summed E-state index contributed by atoms with van der Waals surface area (Å²) >= 11 is 0. The summed E-state index contributed by atoms with van der Waals surface area (Å²) in [7, 11) is 1.33. The van der Waals surface area contributed by atoms with Crippen LogP contribution in [0.25, 0.3) is 0 Å². The molecule has 20 heavy (non-hydrogen) atoms. The van der Waals surface area contributed by atoms with Crippen molar-refractivity contribution in [2.24, 2.45) is 5.92 Å². The lowest BCUT2D eigenvalue weighted by atomic mass is 9.97. The van der Waals surface area contributed by atoms with Crippen molar-refractivity contribution in [1.29, 1.82) is 0 Å². The first kappa shape index (κ1) is 16.7. The first-order valence-corrected chi connectivity index (χ1v) is 6.46. The number of methoxy groups -OCH3 is 1. The molecule has 0 saturated carbocycles. The maximum Gasteiger partial charge on any atom is 0.401 e. The average Bonchev–Trinajstić information content (AvgIpc) is 2.41. The number of amides is 1. The maximum atomic E-state index is 11.9. The predicted molar refractivity (Wildman–Crippen MR) is 64.9 cm³/mol. The molecule has 116 valence electrons. The highest BCUT2D eigenvalue weighted by atomic mass is 19.4. The van der Waals surface area contributed by atoms with Gasteiger partial charge in [0.05, 0.1) is 19.6 Å². The molecular formula is C12H19F3N2O3. The number of rotatable bonds is 5. The Hall–Kier alpha value is -1.31. The van der Waals surface area contributed by atoms with Crippen LogP contribution in [0.15, 0.2) is 0 Å². The second-order valence-electron chi connectivity index (χ2n) is 4.72. The number of carbonyl (C=O) groups excluding carboxylic acids is 2. The number of nitrogens with one attached hydrogen (secondary N) is 1. The van der Waals surface area contributed by atoms with E-state index in [1.165, 1.54) is 7.11 Å². The second-order valence-corrected chi connectivity index (χ2v) is 4.72. The van der Waals surface area contributed by atoms with Crippen LogP contribution in [-0.4, -0.2) is 56.2 Å². The minimum absolute atomic E-state index is 0.00469. The molecule has 0 aromatic rings. The van der Waals surface area contributed by atoms with Gasteiger partial charge in [0.2, 0.25) is 5.91 Å². The fourth-order valence-corrected chi connectivity index (χ4v) is 2.11. The zero-order valence-electron chi connectivity index (χ0n) is 11.3. The van der Waals surface area contributed by atoms with Gasteiger partial charge in [-0.2, -0.15) is 13.2 Å². The molecule has 1 aliphatic heterocycles. The highest BCUT2D eigenvalue weighted by molar-refractivity contribution is 5.77. The van der Waals surface area contributed by atoms with Crippen LogP contribution in [-0.2, 0) is 14.3 Å². The van der Waals surface area contributed by atoms with Crippen LogP contribution < -0.4 is 5.32 Å². The van der Waals surface area contributed by atoms with Gasteiger partial charge in [0.15, 0.2) is 0 Å². The number of hydrogen-bond donors (Lipinski definition) is 1. The third kappa shape index (κ3) is 5.77. The molecule has 0 radical (unpaired) electrons. The van der Waals surface area contributed by atoms with Gasteiger partial charge < -0.3 is 15.0 Å². The topological polar surface area (TPSA) is 58.6 Å². The molecule has 0 spiro atoms. The summed E-state index contributed by atoms with van der Waals surface area (Å²) < 4.78 is 40.3. The predicted octanol–water partition coefficient (Wildman–Crippen LogP) is 0.940. The van der Waals surface area contributed by atoms with Crippen LogP contribution in [0.4, 0.5) is 13.2 Å². The molecule has 0 aromatic heterocycles. The van der Waals surface area contributed by atoms with Crippen molar-refractivity contribution in [3.63, 3.8) is 0 Å². The van der Waals surface area contributed by atoms with Gasteiger partial charge in [-0.3, -0.25) is 9.59 Å². The number of likely N-dealkylation sites (tertiary alicyclic amines) is 1. The fourth-order valence-electron chi connectivity index (χ4n) is 2.11. The highest BCUT2D eigenvalue weighted by Crippen LogP contribution is 2.19. The monoisotopic (exact) mass is 296 g/mol. The zero-order valence-corrected chi connectivity index (χ0v) is 11.3. The first-order valence-electron chi connectivity index (χ1n) is 6.46. The standard InChI is InChI=1S/C12H19F3N2O3/c1-20-11(19)9-3-6-17(7-4-9)10(18)2-5-16-8-12(13,14)15/h9,16H,2-8H2,1H3. The lowest BCUT2D eigenvalue weighted by Gasteiger charge is -2.30. The molecule has 8 heteroatoms. The number of halogens is 3. The van der Waals surface area contributed by atoms with E-state index in [0.717, 1.165) is 0 Å². The smallest absolute Gasteiger partial charge is 0.401 e. The zero-order chi connectivity index (χ0) is 15.2. The van der Waals surface area contributed by atoms with Gasteiger partial charge in [-0.25, -0.2) is 0 Å². The molecule has 0 atom stereocenters. The van der Waals surface area contributed by atoms with E-state index >= 15 is 0 Å². The summed E-state index contributed by atoms with van der Waals surface area (Å²) in [5, 5.41) is 2.18. The Labute approximate surface area is 115 Å². The van der Waals surface area contributed by atoms with Gasteiger partial charge in [0.25, 0.3) is 0 Å². The number of nitrogens with zero attached hydrogens (tertiary/aromatic N) is 1. The van der Waals surface area contributed by atoms with Gasteiger partial charge >= 0.3 is 12.1 Å². The minimum Gasteiger partial charge on any atom is -0.469 e. The van der Waals surface area contributed by atoms with E-state index in [9.17, 15) is 22.8 Å². The summed E-state index contributed by atoms with van der Waals surface area (Å²) in [5.74, 6) is -0.653. The number of alkyl halides is 3. The summed E-state index contributed by atoms with van der Waals surface area (Å²) in [6.45, 7) is -0.213. The number of ether oxygens (including phenoxy) is 1. The normalized spacial score (nSPS) is 17.1. The molecule has 5 nitrogen and oxygen atoms in total. The van der Waals surface area contributed by atoms with E-state index < -0.39 is 12.7 Å². The van der Waals surface area contributed by atoms with Crippen LogP contribution in [0.3, 0.4) is 0 Å². The minimum atomic E-state index is -4.26. The van der Waals surface area contributed by atoms with Crippen LogP contribution in [0.2, 0.25) is 0 Å². The van der Waals surface area contributed by atoms with Crippen molar-refractivity contribution >= 4 is 11.9 Å². The van der Waals surface area contributed by atoms with Crippen molar-refractivity contribution in [3.8, 4) is 0 Å². The molecule has 1 saturated heterocycles. The molecule has 0 unspecified atom stereocenters. The van der Waals surface area contributed by atoms with E-state index in [4.69, 9.17) is 0 Å². The molecule has 0 bridgehead atoms. The lowest BCUT2D eigenvalue weighted by Crippen LogP contribution is -2.41. The molecule has 1 rings (SSSR count). The number of piperidine rings is 1. The summed E-state index contributed by atoms with van der Waals surface area (Å²) in [5.41, 5.74) is 0.